The number of aryl methyl sites for hydroxylation is 1. The van der Waals surface area contributed by atoms with Crippen LogP contribution < -0.4 is 5.56 Å². The number of fused-ring (bicyclic) bond motifs is 1. The second-order valence-electron chi connectivity index (χ2n) is 4.07. The molecule has 0 saturated carbocycles. The van der Waals surface area contributed by atoms with Crippen LogP contribution in [0.2, 0.25) is 0 Å². The molecule has 1 aromatic heterocycles. The van der Waals surface area contributed by atoms with Gasteiger partial charge in [0.05, 0.1) is 6.61 Å². The Labute approximate surface area is 98.6 Å². The van der Waals surface area contributed by atoms with Gasteiger partial charge in [-0.25, -0.2) is 4.79 Å². The van der Waals surface area contributed by atoms with Crippen LogP contribution in [-0.4, -0.2) is 22.2 Å². The van der Waals surface area contributed by atoms with Gasteiger partial charge in [0, 0.05) is 11.8 Å². The first kappa shape index (κ1) is 11.7. The first-order valence-corrected chi connectivity index (χ1v) is 5.74. The summed E-state index contributed by atoms with van der Waals surface area (Å²) in [5.74, 6) is -0.424. The van der Waals surface area contributed by atoms with Gasteiger partial charge in [0.2, 0.25) is 0 Å². The zero-order valence-electron chi connectivity index (χ0n) is 9.68. The molecule has 0 amide bonds. The molecule has 0 bridgehead atoms. The quantitative estimate of drug-likeness (QED) is 0.779. The highest BCUT2D eigenvalue weighted by Crippen LogP contribution is 2.25. The van der Waals surface area contributed by atoms with Crippen molar-refractivity contribution in [3.05, 3.63) is 28.2 Å². The molecule has 1 aliphatic rings. The predicted molar refractivity (Wildman–Crippen MR) is 61.0 cm³/mol. The van der Waals surface area contributed by atoms with Crippen LogP contribution in [0, 0.1) is 0 Å². The summed E-state index contributed by atoms with van der Waals surface area (Å²) in [6, 6.07) is 2.11. The Kier molecular flexibility index (Phi) is 3.17. The van der Waals surface area contributed by atoms with E-state index in [-0.39, 0.29) is 17.3 Å². The van der Waals surface area contributed by atoms with Crippen molar-refractivity contribution in [3.8, 4) is 5.75 Å². The molecule has 0 spiro atoms. The van der Waals surface area contributed by atoms with Crippen LogP contribution >= 0.6 is 0 Å². The Morgan fingerprint density at radius 2 is 2.35 bits per heavy atom. The van der Waals surface area contributed by atoms with E-state index >= 15 is 0 Å². The van der Waals surface area contributed by atoms with E-state index in [1.54, 1.807) is 6.92 Å². The van der Waals surface area contributed by atoms with E-state index in [1.807, 2.05) is 0 Å². The van der Waals surface area contributed by atoms with Crippen LogP contribution in [0.15, 0.2) is 16.9 Å². The SMILES string of the molecule is CCOC(=O)C1CCCc2cc(O)cc(=O)n21. The number of esters is 1. The highest BCUT2D eigenvalue weighted by atomic mass is 16.5. The number of hydrogen-bond donors (Lipinski definition) is 1. The molecule has 0 aliphatic carbocycles. The van der Waals surface area contributed by atoms with Gasteiger partial charge < -0.3 is 9.84 Å². The molecule has 92 valence electrons. The molecule has 0 fully saturated rings. The first-order chi connectivity index (χ1) is 8.13. The number of aromatic nitrogens is 1. The third-order valence-electron chi connectivity index (χ3n) is 2.91. The summed E-state index contributed by atoms with van der Waals surface area (Å²) < 4.78 is 6.39. The van der Waals surface area contributed by atoms with Gasteiger partial charge in [-0.05, 0) is 32.3 Å². The van der Waals surface area contributed by atoms with E-state index in [0.717, 1.165) is 12.5 Å². The smallest absolute Gasteiger partial charge is 0.329 e. The summed E-state index contributed by atoms with van der Waals surface area (Å²) in [5.41, 5.74) is 0.344. The molecule has 0 saturated heterocycles. The van der Waals surface area contributed by atoms with E-state index in [9.17, 15) is 14.7 Å². The summed E-state index contributed by atoms with van der Waals surface area (Å²) in [6.07, 6.45) is 2.11. The molecule has 1 aliphatic heterocycles. The van der Waals surface area contributed by atoms with Gasteiger partial charge >= 0.3 is 5.97 Å². The minimum atomic E-state index is -0.549. The van der Waals surface area contributed by atoms with Crippen LogP contribution in [0.25, 0.3) is 0 Å². The monoisotopic (exact) mass is 237 g/mol. The normalized spacial score (nSPS) is 18.5. The lowest BCUT2D eigenvalue weighted by Crippen LogP contribution is -2.35. The number of hydrogen-bond acceptors (Lipinski definition) is 4. The lowest BCUT2D eigenvalue weighted by molar-refractivity contribution is -0.147. The molecule has 5 heteroatoms. The average Bonchev–Trinajstić information content (AvgIpc) is 2.28. The number of aromatic hydroxyl groups is 1. The molecule has 1 N–H and O–H groups in total. The molecule has 5 nitrogen and oxygen atoms in total. The lowest BCUT2D eigenvalue weighted by Gasteiger charge is -2.26. The standard InChI is InChI=1S/C12H15NO4/c1-2-17-12(16)10-5-3-4-8-6-9(14)7-11(15)13(8)10/h6-7,10,14H,2-5H2,1H3. The number of nitrogens with zero attached hydrogens (tertiary/aromatic N) is 1. The molecule has 1 aromatic rings. The van der Waals surface area contributed by atoms with Crippen LogP contribution in [0.3, 0.4) is 0 Å². The maximum atomic E-state index is 11.8. The summed E-state index contributed by atoms with van der Waals surface area (Å²) in [4.78, 5) is 23.6. The van der Waals surface area contributed by atoms with E-state index in [1.165, 1.54) is 10.6 Å². The maximum Gasteiger partial charge on any atom is 0.329 e. The summed E-state index contributed by atoms with van der Waals surface area (Å²) in [7, 11) is 0. The van der Waals surface area contributed by atoms with Gasteiger partial charge in [0.1, 0.15) is 11.8 Å². The van der Waals surface area contributed by atoms with Crippen molar-refractivity contribution < 1.29 is 14.6 Å². The highest BCUT2D eigenvalue weighted by Gasteiger charge is 2.28. The fourth-order valence-corrected chi connectivity index (χ4v) is 2.23. The molecular formula is C12H15NO4. The second kappa shape index (κ2) is 4.61. The molecule has 0 aromatic carbocycles. The zero-order valence-corrected chi connectivity index (χ0v) is 9.68. The minimum Gasteiger partial charge on any atom is -0.508 e. The van der Waals surface area contributed by atoms with Crippen molar-refractivity contribution in [2.45, 2.75) is 32.2 Å². The number of ether oxygens (including phenoxy) is 1. The van der Waals surface area contributed by atoms with Gasteiger partial charge in [0.25, 0.3) is 5.56 Å². The summed E-state index contributed by atoms with van der Waals surface area (Å²) in [6.45, 7) is 2.04. The molecule has 2 rings (SSSR count). The van der Waals surface area contributed by atoms with Crippen molar-refractivity contribution in [2.24, 2.45) is 0 Å². The lowest BCUT2D eigenvalue weighted by atomic mass is 10.0. The minimum absolute atomic E-state index is 0.0502. The number of carbonyl (C=O) groups is 1. The van der Waals surface area contributed by atoms with Gasteiger partial charge in [-0.3, -0.25) is 9.36 Å². The molecule has 1 atom stereocenters. The average molecular weight is 237 g/mol. The van der Waals surface area contributed by atoms with Crippen molar-refractivity contribution in [1.29, 1.82) is 0 Å². The zero-order chi connectivity index (χ0) is 12.4. The van der Waals surface area contributed by atoms with E-state index in [0.29, 0.717) is 25.1 Å². The molecular weight excluding hydrogens is 222 g/mol. The second-order valence-corrected chi connectivity index (χ2v) is 4.07. The van der Waals surface area contributed by atoms with E-state index in [2.05, 4.69) is 0 Å². The van der Waals surface area contributed by atoms with Crippen molar-refractivity contribution >= 4 is 5.97 Å². The van der Waals surface area contributed by atoms with Gasteiger partial charge in [0.15, 0.2) is 0 Å². The molecule has 0 radical (unpaired) electrons. The number of rotatable bonds is 2. The largest absolute Gasteiger partial charge is 0.508 e. The summed E-state index contributed by atoms with van der Waals surface area (Å²) in [5, 5.41) is 9.37. The van der Waals surface area contributed by atoms with Gasteiger partial charge in [-0.15, -0.1) is 0 Å². The van der Waals surface area contributed by atoms with Crippen molar-refractivity contribution in [2.75, 3.05) is 6.61 Å². The van der Waals surface area contributed by atoms with Crippen molar-refractivity contribution in [3.63, 3.8) is 0 Å². The third kappa shape index (κ3) is 2.18. The van der Waals surface area contributed by atoms with Gasteiger partial charge in [-0.2, -0.15) is 0 Å². The fourth-order valence-electron chi connectivity index (χ4n) is 2.23. The molecule has 2 heterocycles. The number of carbonyl (C=O) groups excluding carboxylic acids is 1. The maximum absolute atomic E-state index is 11.8. The van der Waals surface area contributed by atoms with Crippen LogP contribution in [0.4, 0.5) is 0 Å². The van der Waals surface area contributed by atoms with Crippen molar-refractivity contribution in [1.82, 2.24) is 4.57 Å². The van der Waals surface area contributed by atoms with E-state index in [4.69, 9.17) is 4.74 Å². The van der Waals surface area contributed by atoms with Gasteiger partial charge in [-0.1, -0.05) is 0 Å². The Bertz CT molecular complexity index is 492. The molecule has 17 heavy (non-hydrogen) atoms. The highest BCUT2D eigenvalue weighted by molar-refractivity contribution is 5.74. The Balaban J connectivity index is 2.44. The fraction of sp³-hybridized carbons (Fsp3) is 0.500. The Morgan fingerprint density at radius 3 is 3.06 bits per heavy atom. The van der Waals surface area contributed by atoms with E-state index < -0.39 is 6.04 Å². The van der Waals surface area contributed by atoms with Crippen LogP contribution in [0.1, 0.15) is 31.5 Å². The third-order valence-corrected chi connectivity index (χ3v) is 2.91. The van der Waals surface area contributed by atoms with Crippen LogP contribution in [-0.2, 0) is 16.0 Å². The van der Waals surface area contributed by atoms with Crippen LogP contribution in [0.5, 0.6) is 5.75 Å². The predicted octanol–water partition coefficient (Wildman–Crippen LogP) is 0.994. The Hall–Kier alpha value is -1.78. The molecule has 1 unspecified atom stereocenters. The first-order valence-electron chi connectivity index (χ1n) is 5.74. The number of pyridine rings is 1. The Morgan fingerprint density at radius 1 is 1.59 bits per heavy atom. The summed E-state index contributed by atoms with van der Waals surface area (Å²) >= 11 is 0. The topological polar surface area (TPSA) is 68.5 Å².